The summed E-state index contributed by atoms with van der Waals surface area (Å²) in [4.78, 5) is 23.6. The normalized spacial score (nSPS) is 45.1. The molecule has 3 nitrogen and oxygen atoms in total. The highest BCUT2D eigenvalue weighted by Crippen LogP contribution is 2.71. The number of carbonyl (C=O) groups excluding carboxylic acids is 1. The number of hydrogen-bond donors (Lipinski definition) is 1. The van der Waals surface area contributed by atoms with Gasteiger partial charge < -0.3 is 5.11 Å². The van der Waals surface area contributed by atoms with Crippen LogP contribution in [0.25, 0.3) is 0 Å². The van der Waals surface area contributed by atoms with Crippen molar-refractivity contribution in [2.45, 2.75) is 39.5 Å². The van der Waals surface area contributed by atoms with E-state index in [1.165, 1.54) is 0 Å². The standard InChI is InChI=1S/C15H20O3/c1-8-12(16)6-11-9-4-5-10(13(17)18)15(8,11)7-14(9,2)3/h9-11H,1,4-7H2,2-3H3,(H,17,18)/t9?,10-,11+,15-/m0/s1. The van der Waals surface area contributed by atoms with E-state index in [1.807, 2.05) is 0 Å². The summed E-state index contributed by atoms with van der Waals surface area (Å²) in [5.41, 5.74) is 0.309. The van der Waals surface area contributed by atoms with Crippen molar-refractivity contribution in [2.24, 2.45) is 28.6 Å². The first-order valence-corrected chi connectivity index (χ1v) is 6.76. The first-order chi connectivity index (χ1) is 8.30. The molecule has 0 saturated heterocycles. The van der Waals surface area contributed by atoms with Crippen LogP contribution in [0.5, 0.6) is 0 Å². The summed E-state index contributed by atoms with van der Waals surface area (Å²) in [5, 5.41) is 9.52. The smallest absolute Gasteiger partial charge is 0.307 e. The van der Waals surface area contributed by atoms with Gasteiger partial charge in [-0.1, -0.05) is 20.4 Å². The summed E-state index contributed by atoms with van der Waals surface area (Å²) in [6, 6.07) is 0. The largest absolute Gasteiger partial charge is 0.481 e. The Labute approximate surface area is 107 Å². The maximum atomic E-state index is 12.0. The van der Waals surface area contributed by atoms with Crippen LogP contribution in [0.15, 0.2) is 12.2 Å². The molecule has 1 N–H and O–H groups in total. The monoisotopic (exact) mass is 248 g/mol. The third kappa shape index (κ3) is 1.15. The Morgan fingerprint density at radius 3 is 2.61 bits per heavy atom. The number of Topliss-reactive ketones (excluding diaryl/α,β-unsaturated/α-hetero) is 1. The van der Waals surface area contributed by atoms with Gasteiger partial charge in [0.15, 0.2) is 5.78 Å². The van der Waals surface area contributed by atoms with E-state index >= 15 is 0 Å². The zero-order chi connectivity index (χ0) is 13.3. The topological polar surface area (TPSA) is 54.4 Å². The molecular weight excluding hydrogens is 228 g/mol. The van der Waals surface area contributed by atoms with Gasteiger partial charge in [-0.15, -0.1) is 0 Å². The number of carboxylic acids is 1. The van der Waals surface area contributed by atoms with Gasteiger partial charge in [-0.3, -0.25) is 9.59 Å². The zero-order valence-corrected chi connectivity index (χ0v) is 11.0. The van der Waals surface area contributed by atoms with E-state index in [4.69, 9.17) is 0 Å². The van der Waals surface area contributed by atoms with Crippen molar-refractivity contribution in [3.05, 3.63) is 12.2 Å². The molecule has 3 heteroatoms. The predicted octanol–water partition coefficient (Wildman–Crippen LogP) is 2.66. The van der Waals surface area contributed by atoms with Gasteiger partial charge in [-0.25, -0.2) is 0 Å². The highest BCUT2D eigenvalue weighted by Gasteiger charge is 2.68. The molecule has 4 atom stereocenters. The molecule has 3 aliphatic carbocycles. The average molecular weight is 248 g/mol. The van der Waals surface area contributed by atoms with Crippen molar-refractivity contribution in [2.75, 3.05) is 0 Å². The Hall–Kier alpha value is -1.12. The quantitative estimate of drug-likeness (QED) is 0.726. The van der Waals surface area contributed by atoms with E-state index in [0.717, 1.165) is 12.8 Å². The third-order valence-electron chi connectivity index (χ3n) is 5.89. The Morgan fingerprint density at radius 2 is 2.00 bits per heavy atom. The SMILES string of the molecule is C=C1C(=O)C[C@@H]2C3CC[C@@H](C(=O)O)[C@]12CC3(C)C. The van der Waals surface area contributed by atoms with Crippen LogP contribution in [0.2, 0.25) is 0 Å². The number of rotatable bonds is 1. The van der Waals surface area contributed by atoms with E-state index in [1.54, 1.807) is 0 Å². The fourth-order valence-electron chi connectivity index (χ4n) is 5.29. The molecule has 0 amide bonds. The van der Waals surface area contributed by atoms with E-state index in [9.17, 15) is 14.7 Å². The van der Waals surface area contributed by atoms with Crippen molar-refractivity contribution in [3.63, 3.8) is 0 Å². The van der Waals surface area contributed by atoms with Gasteiger partial charge in [0.2, 0.25) is 0 Å². The highest BCUT2D eigenvalue weighted by atomic mass is 16.4. The summed E-state index contributed by atoms with van der Waals surface area (Å²) in [6.07, 6.45) is 2.98. The van der Waals surface area contributed by atoms with Crippen LogP contribution < -0.4 is 0 Å². The van der Waals surface area contributed by atoms with Crippen molar-refractivity contribution in [1.82, 2.24) is 0 Å². The Morgan fingerprint density at radius 1 is 1.33 bits per heavy atom. The van der Waals surface area contributed by atoms with Gasteiger partial charge in [-0.05, 0) is 42.1 Å². The minimum absolute atomic E-state index is 0.105. The van der Waals surface area contributed by atoms with Gasteiger partial charge in [-0.2, -0.15) is 0 Å². The van der Waals surface area contributed by atoms with E-state index in [-0.39, 0.29) is 17.1 Å². The van der Waals surface area contributed by atoms with Crippen LogP contribution in [-0.2, 0) is 9.59 Å². The molecule has 0 heterocycles. The summed E-state index contributed by atoms with van der Waals surface area (Å²) in [6.45, 7) is 8.42. The highest BCUT2D eigenvalue weighted by molar-refractivity contribution is 6.00. The van der Waals surface area contributed by atoms with Gasteiger partial charge in [0.05, 0.1) is 5.92 Å². The van der Waals surface area contributed by atoms with Crippen LogP contribution >= 0.6 is 0 Å². The zero-order valence-electron chi connectivity index (χ0n) is 11.0. The van der Waals surface area contributed by atoms with Gasteiger partial charge >= 0.3 is 5.97 Å². The Bertz CT molecular complexity index is 462. The number of aliphatic carboxylic acids is 1. The first-order valence-electron chi connectivity index (χ1n) is 6.76. The molecule has 3 saturated carbocycles. The minimum atomic E-state index is -0.744. The third-order valence-corrected chi connectivity index (χ3v) is 5.89. The first kappa shape index (κ1) is 11.9. The minimum Gasteiger partial charge on any atom is -0.481 e. The summed E-state index contributed by atoms with van der Waals surface area (Å²) < 4.78 is 0. The molecule has 0 aromatic rings. The van der Waals surface area contributed by atoms with Crippen LogP contribution in [0.4, 0.5) is 0 Å². The second-order valence-electron chi connectivity index (χ2n) is 6.99. The van der Waals surface area contributed by atoms with Crippen LogP contribution in [0, 0.1) is 28.6 Å². The second-order valence-corrected chi connectivity index (χ2v) is 6.99. The molecule has 0 aromatic carbocycles. The second kappa shape index (κ2) is 3.25. The molecule has 0 radical (unpaired) electrons. The van der Waals surface area contributed by atoms with Crippen LogP contribution in [0.3, 0.4) is 0 Å². The van der Waals surface area contributed by atoms with Crippen molar-refractivity contribution >= 4 is 11.8 Å². The number of allylic oxidation sites excluding steroid dienone is 1. The fraction of sp³-hybridized carbons (Fsp3) is 0.733. The summed E-state index contributed by atoms with van der Waals surface area (Å²) >= 11 is 0. The lowest BCUT2D eigenvalue weighted by atomic mass is 9.61. The van der Waals surface area contributed by atoms with Crippen LogP contribution in [-0.4, -0.2) is 16.9 Å². The summed E-state index contributed by atoms with van der Waals surface area (Å²) in [5.74, 6) is -0.334. The number of carboxylic acid groups (broad SMARTS) is 1. The lowest BCUT2D eigenvalue weighted by Gasteiger charge is -2.41. The number of ketones is 1. The van der Waals surface area contributed by atoms with Crippen LogP contribution in [0.1, 0.15) is 39.5 Å². The van der Waals surface area contributed by atoms with Gasteiger partial charge in [0.25, 0.3) is 0 Å². The lowest BCUT2D eigenvalue weighted by molar-refractivity contribution is -0.148. The van der Waals surface area contributed by atoms with Gasteiger partial charge in [0.1, 0.15) is 0 Å². The lowest BCUT2D eigenvalue weighted by Crippen LogP contribution is -2.41. The molecule has 0 spiro atoms. The fourth-order valence-corrected chi connectivity index (χ4v) is 5.29. The Kier molecular flexibility index (Phi) is 2.16. The van der Waals surface area contributed by atoms with E-state index in [0.29, 0.717) is 24.3 Å². The van der Waals surface area contributed by atoms with Crippen molar-refractivity contribution in [1.29, 1.82) is 0 Å². The van der Waals surface area contributed by atoms with E-state index in [2.05, 4.69) is 20.4 Å². The number of carbonyl (C=O) groups is 2. The maximum Gasteiger partial charge on any atom is 0.307 e. The number of hydrogen-bond acceptors (Lipinski definition) is 2. The molecule has 98 valence electrons. The van der Waals surface area contributed by atoms with Crippen molar-refractivity contribution < 1.29 is 14.7 Å². The molecule has 18 heavy (non-hydrogen) atoms. The molecule has 0 aromatic heterocycles. The molecule has 1 unspecified atom stereocenters. The summed E-state index contributed by atoms with van der Waals surface area (Å²) in [7, 11) is 0. The Balaban J connectivity index is 2.16. The maximum absolute atomic E-state index is 12.0. The molecule has 3 fully saturated rings. The van der Waals surface area contributed by atoms with Gasteiger partial charge in [0, 0.05) is 11.8 Å². The molecule has 0 aliphatic heterocycles. The molecule has 3 aliphatic rings. The van der Waals surface area contributed by atoms with E-state index < -0.39 is 17.3 Å². The average Bonchev–Trinajstić information content (AvgIpc) is 2.57. The molecule has 3 rings (SSSR count). The molecule has 2 bridgehead atoms. The molecular formula is C15H20O3. The van der Waals surface area contributed by atoms with Crippen molar-refractivity contribution in [3.8, 4) is 0 Å². The predicted molar refractivity (Wildman–Crippen MR) is 66.9 cm³/mol.